The van der Waals surface area contributed by atoms with Gasteiger partial charge in [-0.05, 0) is 28.4 Å². The van der Waals surface area contributed by atoms with E-state index < -0.39 is 24.2 Å². The van der Waals surface area contributed by atoms with Crippen molar-refractivity contribution in [3.05, 3.63) is 28.0 Å². The van der Waals surface area contributed by atoms with Crippen molar-refractivity contribution in [2.45, 2.75) is 18.2 Å². The molecule has 0 aromatic heterocycles. The largest absolute Gasteiger partial charge is 0.496 e. The summed E-state index contributed by atoms with van der Waals surface area (Å²) in [7, 11) is 1.41. The zero-order valence-electron chi connectivity index (χ0n) is 10.1. The molecule has 0 aliphatic rings. The van der Waals surface area contributed by atoms with Gasteiger partial charge in [-0.1, -0.05) is 0 Å². The lowest BCUT2D eigenvalue weighted by molar-refractivity contribution is 0.0165. The first kappa shape index (κ1) is 16.6. The molecule has 0 saturated carbocycles. The Labute approximate surface area is 123 Å². The van der Waals surface area contributed by atoms with E-state index in [2.05, 4.69) is 15.9 Å². The van der Waals surface area contributed by atoms with Gasteiger partial charge in [0.15, 0.2) is 0 Å². The smallest absolute Gasteiger partial charge is 0.261 e. The predicted molar refractivity (Wildman–Crippen MR) is 70.7 cm³/mol. The van der Waals surface area contributed by atoms with Crippen molar-refractivity contribution >= 4 is 27.5 Å². The normalized spacial score (nSPS) is 12.8. The monoisotopic (exact) mass is 360 g/mol. The highest BCUT2D eigenvalue weighted by molar-refractivity contribution is 9.10. The molecule has 2 nitrogen and oxygen atoms in total. The van der Waals surface area contributed by atoms with Gasteiger partial charge < -0.3 is 9.47 Å². The molecule has 0 N–H and O–H groups in total. The van der Waals surface area contributed by atoms with Crippen LogP contribution in [0.5, 0.6) is 5.75 Å². The van der Waals surface area contributed by atoms with E-state index in [1.54, 1.807) is 0 Å². The van der Waals surface area contributed by atoms with Gasteiger partial charge in [-0.2, -0.15) is 0 Å². The summed E-state index contributed by atoms with van der Waals surface area (Å²) in [6, 6.07) is 2.73. The van der Waals surface area contributed by atoms with Gasteiger partial charge in [0.25, 0.3) is 6.43 Å². The third-order valence-corrected chi connectivity index (χ3v) is 3.43. The van der Waals surface area contributed by atoms with Gasteiger partial charge in [0.1, 0.15) is 18.2 Å². The van der Waals surface area contributed by atoms with Gasteiger partial charge in [0, 0.05) is 18.2 Å². The van der Waals surface area contributed by atoms with Crippen molar-refractivity contribution in [2.75, 3.05) is 20.3 Å². The molecule has 0 bridgehead atoms. The number of halogens is 5. The fourth-order valence-electron chi connectivity index (χ4n) is 1.48. The molecule has 0 saturated heterocycles. The second-order valence-corrected chi connectivity index (χ2v) is 5.11. The summed E-state index contributed by atoms with van der Waals surface area (Å²) in [6.45, 7) is -0.523. The molecule has 1 atom stereocenters. The molecule has 0 aliphatic heterocycles. The Morgan fingerprint density at radius 3 is 2.63 bits per heavy atom. The highest BCUT2D eigenvalue weighted by atomic mass is 79.9. The van der Waals surface area contributed by atoms with E-state index in [0.717, 1.165) is 0 Å². The Bertz CT molecular complexity index is 418. The minimum Gasteiger partial charge on any atom is -0.496 e. The van der Waals surface area contributed by atoms with Crippen LogP contribution in [0.2, 0.25) is 0 Å². The van der Waals surface area contributed by atoms with Gasteiger partial charge in [0.05, 0.1) is 17.0 Å². The number of methoxy groups -OCH3 is 1. The summed E-state index contributed by atoms with van der Waals surface area (Å²) in [5.74, 6) is -0.145. The van der Waals surface area contributed by atoms with E-state index in [1.807, 2.05) is 0 Å². The molecule has 0 fully saturated rings. The Morgan fingerprint density at radius 1 is 1.37 bits per heavy atom. The highest BCUT2D eigenvalue weighted by Crippen LogP contribution is 2.35. The average molecular weight is 362 g/mol. The molecule has 1 unspecified atom stereocenters. The molecule has 7 heteroatoms. The summed E-state index contributed by atoms with van der Waals surface area (Å²) >= 11 is 9.20. The second-order valence-electron chi connectivity index (χ2n) is 3.73. The molecule has 0 spiro atoms. The van der Waals surface area contributed by atoms with Crippen LogP contribution in [0.15, 0.2) is 16.6 Å². The standard InChI is InChI=1S/C12H13BrClF3O2/c1-18-11-5-10(15)8(13)4-7(11)9(14)2-3-19-6-12(16)17/h4-5,9,12H,2-3,6H2,1H3. The van der Waals surface area contributed by atoms with Crippen molar-refractivity contribution in [2.24, 2.45) is 0 Å². The fourth-order valence-corrected chi connectivity index (χ4v) is 2.10. The summed E-state index contributed by atoms with van der Waals surface area (Å²) in [5, 5.41) is -0.510. The van der Waals surface area contributed by atoms with E-state index in [9.17, 15) is 13.2 Å². The number of hydrogen-bond donors (Lipinski definition) is 0. The van der Waals surface area contributed by atoms with Crippen LogP contribution in [0.3, 0.4) is 0 Å². The highest BCUT2D eigenvalue weighted by Gasteiger charge is 2.17. The number of rotatable bonds is 7. The topological polar surface area (TPSA) is 18.5 Å². The van der Waals surface area contributed by atoms with Crippen LogP contribution in [-0.2, 0) is 4.74 Å². The van der Waals surface area contributed by atoms with Crippen LogP contribution in [0, 0.1) is 5.82 Å². The number of alkyl halides is 3. The fraction of sp³-hybridized carbons (Fsp3) is 0.500. The van der Waals surface area contributed by atoms with Gasteiger partial charge in [-0.15, -0.1) is 11.6 Å². The minimum absolute atomic E-state index is 0.0939. The molecule has 0 amide bonds. The molecule has 0 radical (unpaired) electrons. The van der Waals surface area contributed by atoms with Crippen molar-refractivity contribution in [1.82, 2.24) is 0 Å². The molecule has 1 aromatic rings. The maximum atomic E-state index is 13.3. The summed E-state index contributed by atoms with van der Waals surface area (Å²) in [5.41, 5.74) is 0.582. The van der Waals surface area contributed by atoms with E-state index in [1.165, 1.54) is 19.2 Å². The Balaban J connectivity index is 2.65. The van der Waals surface area contributed by atoms with Crippen molar-refractivity contribution in [3.8, 4) is 5.75 Å². The van der Waals surface area contributed by atoms with Gasteiger partial charge in [0.2, 0.25) is 0 Å². The first-order valence-corrected chi connectivity index (χ1v) is 6.71. The maximum absolute atomic E-state index is 13.3. The van der Waals surface area contributed by atoms with Crippen LogP contribution >= 0.6 is 27.5 Å². The van der Waals surface area contributed by atoms with Crippen LogP contribution < -0.4 is 4.74 Å². The zero-order chi connectivity index (χ0) is 14.4. The molecule has 1 rings (SSSR count). The molecule has 0 heterocycles. The Kier molecular flexibility index (Phi) is 6.96. The van der Waals surface area contributed by atoms with Gasteiger partial charge in [-0.25, -0.2) is 13.2 Å². The number of benzene rings is 1. The first-order chi connectivity index (χ1) is 8.95. The van der Waals surface area contributed by atoms with Gasteiger partial charge >= 0.3 is 0 Å². The molecule has 108 valence electrons. The van der Waals surface area contributed by atoms with Crippen LogP contribution in [-0.4, -0.2) is 26.7 Å². The molecular weight excluding hydrogens is 348 g/mol. The lowest BCUT2D eigenvalue weighted by Crippen LogP contribution is -2.07. The zero-order valence-corrected chi connectivity index (χ0v) is 12.5. The lowest BCUT2D eigenvalue weighted by Gasteiger charge is -2.15. The number of hydrogen-bond acceptors (Lipinski definition) is 2. The first-order valence-electron chi connectivity index (χ1n) is 5.48. The summed E-state index contributed by atoms with van der Waals surface area (Å²) in [6.07, 6.45) is -2.17. The second kappa shape index (κ2) is 7.97. The SMILES string of the molecule is COc1cc(F)c(Br)cc1C(Cl)CCOCC(F)F. The van der Waals surface area contributed by atoms with Gasteiger partial charge in [-0.3, -0.25) is 0 Å². The summed E-state index contributed by atoms with van der Waals surface area (Å²) in [4.78, 5) is 0. The summed E-state index contributed by atoms with van der Waals surface area (Å²) < 4.78 is 47.1. The number of ether oxygens (including phenoxy) is 2. The van der Waals surface area contributed by atoms with Crippen LogP contribution in [0.1, 0.15) is 17.4 Å². The third-order valence-electron chi connectivity index (χ3n) is 2.37. The predicted octanol–water partition coefficient (Wildman–Crippen LogP) is 4.55. The van der Waals surface area contributed by atoms with Crippen molar-refractivity contribution in [1.29, 1.82) is 0 Å². The molecule has 0 aliphatic carbocycles. The van der Waals surface area contributed by atoms with E-state index in [-0.39, 0.29) is 11.1 Å². The lowest BCUT2D eigenvalue weighted by atomic mass is 10.1. The minimum atomic E-state index is -2.50. The van der Waals surface area contributed by atoms with Crippen LogP contribution in [0.4, 0.5) is 13.2 Å². The third kappa shape index (κ3) is 5.20. The average Bonchev–Trinajstić information content (AvgIpc) is 2.36. The Morgan fingerprint density at radius 2 is 2.05 bits per heavy atom. The molecule has 19 heavy (non-hydrogen) atoms. The van der Waals surface area contributed by atoms with Crippen molar-refractivity contribution in [3.63, 3.8) is 0 Å². The molecule has 1 aromatic carbocycles. The van der Waals surface area contributed by atoms with Crippen molar-refractivity contribution < 1.29 is 22.6 Å². The maximum Gasteiger partial charge on any atom is 0.261 e. The quantitative estimate of drug-likeness (QED) is 0.524. The van der Waals surface area contributed by atoms with E-state index >= 15 is 0 Å². The van der Waals surface area contributed by atoms with Crippen LogP contribution in [0.25, 0.3) is 0 Å². The van der Waals surface area contributed by atoms with E-state index in [0.29, 0.717) is 17.7 Å². The Hall–Kier alpha value is -0.460. The molecular formula is C12H13BrClF3O2. The van der Waals surface area contributed by atoms with E-state index in [4.69, 9.17) is 21.1 Å².